The normalized spacial score (nSPS) is 25.1. The molecule has 1 aliphatic rings. The Bertz CT molecular complexity index is 522. The van der Waals surface area contributed by atoms with Gasteiger partial charge in [-0.05, 0) is 24.8 Å². The molecule has 0 N–H and O–H groups in total. The minimum Gasteiger partial charge on any atom is -0.329 e. The number of hydrogen-bond donors (Lipinski definition) is 0. The maximum atomic E-state index is 4.45. The van der Waals surface area contributed by atoms with Crippen LogP contribution in [0.3, 0.4) is 0 Å². The van der Waals surface area contributed by atoms with E-state index in [1.165, 1.54) is 44.9 Å². The second-order valence-corrected chi connectivity index (χ2v) is 5.81. The van der Waals surface area contributed by atoms with Crippen molar-refractivity contribution >= 4 is 11.0 Å². The highest BCUT2D eigenvalue weighted by atomic mass is 15.1. The molecule has 102 valence electrons. The van der Waals surface area contributed by atoms with E-state index in [1.54, 1.807) is 6.33 Å². The number of nitrogens with zero attached hydrogens (tertiary/aromatic N) is 3. The van der Waals surface area contributed by atoms with Crippen molar-refractivity contribution in [2.24, 2.45) is 5.92 Å². The molecule has 1 saturated carbocycles. The molecule has 0 atom stereocenters. The van der Waals surface area contributed by atoms with Crippen LogP contribution in [0.5, 0.6) is 0 Å². The lowest BCUT2D eigenvalue weighted by Crippen LogP contribution is -2.13. The molecule has 3 nitrogen and oxygen atoms in total. The Morgan fingerprint density at radius 2 is 2.00 bits per heavy atom. The Balaban J connectivity index is 1.78. The fraction of sp³-hybridized carbons (Fsp3) is 0.625. The van der Waals surface area contributed by atoms with Gasteiger partial charge in [0.1, 0.15) is 12.0 Å². The van der Waals surface area contributed by atoms with Gasteiger partial charge in [0.2, 0.25) is 0 Å². The summed E-state index contributed by atoms with van der Waals surface area (Å²) < 4.78 is 2.38. The van der Waals surface area contributed by atoms with Crippen LogP contribution in [-0.4, -0.2) is 14.5 Å². The van der Waals surface area contributed by atoms with E-state index >= 15 is 0 Å². The molecule has 3 heteroatoms. The van der Waals surface area contributed by atoms with Gasteiger partial charge < -0.3 is 4.57 Å². The topological polar surface area (TPSA) is 30.7 Å². The summed E-state index contributed by atoms with van der Waals surface area (Å²) in [6.45, 7) is 2.33. The summed E-state index contributed by atoms with van der Waals surface area (Å²) in [6, 6.07) is 2.77. The van der Waals surface area contributed by atoms with Crippen molar-refractivity contribution in [2.45, 2.75) is 57.9 Å². The fourth-order valence-corrected chi connectivity index (χ4v) is 3.45. The molecule has 0 spiro atoms. The molecule has 0 radical (unpaired) electrons. The van der Waals surface area contributed by atoms with Gasteiger partial charge in [-0.25, -0.2) is 9.97 Å². The summed E-state index contributed by atoms with van der Waals surface area (Å²) in [7, 11) is 0. The van der Waals surface area contributed by atoms with Gasteiger partial charge in [0, 0.05) is 23.8 Å². The zero-order chi connectivity index (χ0) is 13.1. The molecule has 2 heterocycles. The van der Waals surface area contributed by atoms with Crippen LogP contribution >= 0.6 is 0 Å². The Kier molecular flexibility index (Phi) is 3.81. The van der Waals surface area contributed by atoms with Crippen LogP contribution in [0.25, 0.3) is 11.0 Å². The second kappa shape index (κ2) is 5.72. The first-order chi connectivity index (χ1) is 9.38. The Morgan fingerprint density at radius 3 is 2.74 bits per heavy atom. The predicted octanol–water partition coefficient (Wildman–Crippen LogP) is 4.35. The summed E-state index contributed by atoms with van der Waals surface area (Å²) in [4.78, 5) is 8.55. The van der Waals surface area contributed by atoms with Gasteiger partial charge in [0.25, 0.3) is 0 Å². The van der Waals surface area contributed by atoms with Crippen molar-refractivity contribution in [3.8, 4) is 0 Å². The second-order valence-electron chi connectivity index (χ2n) is 5.81. The molecule has 0 amide bonds. The molecular formula is C16H23N3. The lowest BCUT2D eigenvalue weighted by Gasteiger charge is -2.25. The maximum absolute atomic E-state index is 4.45. The van der Waals surface area contributed by atoms with Crippen LogP contribution in [0.15, 0.2) is 24.8 Å². The molecule has 2 aromatic rings. The average Bonchev–Trinajstić information content (AvgIpc) is 2.83. The first-order valence-electron chi connectivity index (χ1n) is 7.65. The number of fused-ring (bicyclic) bond motifs is 1. The van der Waals surface area contributed by atoms with Crippen molar-refractivity contribution < 1.29 is 0 Å². The van der Waals surface area contributed by atoms with Gasteiger partial charge in [0.05, 0.1) is 0 Å². The first kappa shape index (κ1) is 12.6. The molecule has 0 unspecified atom stereocenters. The van der Waals surface area contributed by atoms with Gasteiger partial charge in [0.15, 0.2) is 0 Å². The highest BCUT2D eigenvalue weighted by Crippen LogP contribution is 2.32. The fourth-order valence-electron chi connectivity index (χ4n) is 3.45. The van der Waals surface area contributed by atoms with Crippen molar-refractivity contribution in [3.05, 3.63) is 24.8 Å². The van der Waals surface area contributed by atoms with E-state index in [1.807, 2.05) is 6.20 Å². The summed E-state index contributed by atoms with van der Waals surface area (Å²) >= 11 is 0. The SMILES string of the molecule is CCC1CCCC(n2ccc3cncnc32)CCC1. The lowest BCUT2D eigenvalue weighted by atomic mass is 9.87. The van der Waals surface area contributed by atoms with Gasteiger partial charge in [-0.2, -0.15) is 0 Å². The Hall–Kier alpha value is -1.38. The smallest absolute Gasteiger partial charge is 0.143 e. The minimum atomic E-state index is 0.630. The summed E-state index contributed by atoms with van der Waals surface area (Å²) in [5.41, 5.74) is 1.10. The highest BCUT2D eigenvalue weighted by Gasteiger charge is 2.18. The molecular weight excluding hydrogens is 234 g/mol. The zero-order valence-electron chi connectivity index (χ0n) is 11.8. The number of hydrogen-bond acceptors (Lipinski definition) is 2. The van der Waals surface area contributed by atoms with E-state index in [0.717, 1.165) is 17.0 Å². The molecule has 0 aromatic carbocycles. The average molecular weight is 257 g/mol. The van der Waals surface area contributed by atoms with Crippen LogP contribution in [0.4, 0.5) is 0 Å². The summed E-state index contributed by atoms with van der Waals surface area (Å²) in [6.07, 6.45) is 15.2. The summed E-state index contributed by atoms with van der Waals surface area (Å²) in [5, 5.41) is 1.16. The number of aromatic nitrogens is 3. The van der Waals surface area contributed by atoms with Gasteiger partial charge >= 0.3 is 0 Å². The first-order valence-corrected chi connectivity index (χ1v) is 7.65. The molecule has 1 fully saturated rings. The maximum Gasteiger partial charge on any atom is 0.143 e. The van der Waals surface area contributed by atoms with Crippen LogP contribution in [0, 0.1) is 5.92 Å². The van der Waals surface area contributed by atoms with Crippen LogP contribution in [0.2, 0.25) is 0 Å². The highest BCUT2D eigenvalue weighted by molar-refractivity contribution is 5.74. The van der Waals surface area contributed by atoms with Gasteiger partial charge in [-0.3, -0.25) is 0 Å². The Labute approximate surface area is 115 Å². The minimum absolute atomic E-state index is 0.630. The van der Waals surface area contributed by atoms with E-state index in [4.69, 9.17) is 0 Å². The van der Waals surface area contributed by atoms with E-state index in [0.29, 0.717) is 6.04 Å². The quantitative estimate of drug-likeness (QED) is 0.800. The standard InChI is InChI=1S/C16H23N3/c1-2-13-5-3-7-15(8-4-6-13)19-10-9-14-11-17-12-18-16(14)19/h9-13,15H,2-8H2,1H3. The van der Waals surface area contributed by atoms with Crippen LogP contribution in [0.1, 0.15) is 57.9 Å². The monoisotopic (exact) mass is 257 g/mol. The van der Waals surface area contributed by atoms with E-state index in [9.17, 15) is 0 Å². The van der Waals surface area contributed by atoms with Crippen molar-refractivity contribution in [2.75, 3.05) is 0 Å². The molecule has 2 aromatic heterocycles. The van der Waals surface area contributed by atoms with Crippen molar-refractivity contribution in [1.82, 2.24) is 14.5 Å². The molecule has 1 aliphatic carbocycles. The lowest BCUT2D eigenvalue weighted by molar-refractivity contribution is 0.313. The third kappa shape index (κ3) is 2.65. The van der Waals surface area contributed by atoms with E-state index in [-0.39, 0.29) is 0 Å². The molecule has 0 saturated heterocycles. The largest absolute Gasteiger partial charge is 0.329 e. The Morgan fingerprint density at radius 1 is 1.21 bits per heavy atom. The summed E-state index contributed by atoms with van der Waals surface area (Å²) in [5.74, 6) is 0.963. The van der Waals surface area contributed by atoms with Crippen LogP contribution in [-0.2, 0) is 0 Å². The third-order valence-corrected chi connectivity index (χ3v) is 4.65. The number of rotatable bonds is 2. The third-order valence-electron chi connectivity index (χ3n) is 4.65. The predicted molar refractivity (Wildman–Crippen MR) is 78.0 cm³/mol. The van der Waals surface area contributed by atoms with Gasteiger partial charge in [-0.15, -0.1) is 0 Å². The van der Waals surface area contributed by atoms with Crippen molar-refractivity contribution in [3.63, 3.8) is 0 Å². The van der Waals surface area contributed by atoms with E-state index in [2.05, 4.69) is 33.7 Å². The molecule has 3 rings (SSSR count). The van der Waals surface area contributed by atoms with E-state index < -0.39 is 0 Å². The van der Waals surface area contributed by atoms with Gasteiger partial charge in [-0.1, -0.05) is 39.0 Å². The zero-order valence-corrected chi connectivity index (χ0v) is 11.8. The molecule has 19 heavy (non-hydrogen) atoms. The molecule has 0 aliphatic heterocycles. The van der Waals surface area contributed by atoms with Crippen molar-refractivity contribution in [1.29, 1.82) is 0 Å². The van der Waals surface area contributed by atoms with Crippen LogP contribution < -0.4 is 0 Å². The molecule has 0 bridgehead atoms.